The van der Waals surface area contributed by atoms with E-state index in [2.05, 4.69) is 10.1 Å². The molecule has 2 aromatic heterocycles. The standard InChI is InChI=1S/C7H3F3N4O2/c8-7(9,10)6-11-5-2-1-4(14(15)16)3-13(5)12-6/h1-3H. The molecule has 0 aliphatic carbocycles. The van der Waals surface area contributed by atoms with Crippen LogP contribution in [0, 0.1) is 10.1 Å². The van der Waals surface area contributed by atoms with Gasteiger partial charge < -0.3 is 0 Å². The lowest BCUT2D eigenvalue weighted by Crippen LogP contribution is -2.07. The minimum atomic E-state index is -4.67. The smallest absolute Gasteiger partial charge is 0.258 e. The third kappa shape index (κ3) is 1.66. The first kappa shape index (κ1) is 10.3. The third-order valence-corrected chi connectivity index (χ3v) is 1.78. The molecule has 0 radical (unpaired) electrons. The number of nitro groups is 1. The summed E-state index contributed by atoms with van der Waals surface area (Å²) in [5.74, 6) is -1.33. The lowest BCUT2D eigenvalue weighted by atomic mass is 10.4. The molecule has 0 N–H and O–H groups in total. The van der Waals surface area contributed by atoms with Crippen LogP contribution in [0.5, 0.6) is 0 Å². The van der Waals surface area contributed by atoms with Gasteiger partial charge in [0.1, 0.15) is 6.20 Å². The first-order valence-corrected chi connectivity index (χ1v) is 3.96. The molecule has 0 spiro atoms. The maximum atomic E-state index is 12.2. The zero-order valence-corrected chi connectivity index (χ0v) is 7.47. The number of fused-ring (bicyclic) bond motifs is 1. The maximum Gasteiger partial charge on any atom is 0.453 e. The maximum absolute atomic E-state index is 12.2. The van der Waals surface area contributed by atoms with Crippen molar-refractivity contribution in [1.29, 1.82) is 0 Å². The predicted molar refractivity (Wildman–Crippen MR) is 44.6 cm³/mol. The van der Waals surface area contributed by atoms with Crippen LogP contribution in [0.2, 0.25) is 0 Å². The predicted octanol–water partition coefficient (Wildman–Crippen LogP) is 1.66. The van der Waals surface area contributed by atoms with Gasteiger partial charge in [0, 0.05) is 6.07 Å². The SMILES string of the molecule is O=[N+]([O-])c1ccc2nc(C(F)(F)F)nn2c1. The van der Waals surface area contributed by atoms with E-state index >= 15 is 0 Å². The molecular weight excluding hydrogens is 229 g/mol. The molecule has 0 amide bonds. The second-order valence-corrected chi connectivity index (χ2v) is 2.88. The van der Waals surface area contributed by atoms with Gasteiger partial charge in [-0.1, -0.05) is 0 Å². The fourth-order valence-electron chi connectivity index (χ4n) is 1.10. The van der Waals surface area contributed by atoms with Crippen molar-refractivity contribution in [2.75, 3.05) is 0 Å². The molecule has 0 saturated heterocycles. The van der Waals surface area contributed by atoms with Gasteiger partial charge in [0.2, 0.25) is 0 Å². The van der Waals surface area contributed by atoms with Gasteiger partial charge in [0.15, 0.2) is 5.65 Å². The number of halogens is 3. The van der Waals surface area contributed by atoms with Crippen molar-refractivity contribution < 1.29 is 18.1 Å². The highest BCUT2D eigenvalue weighted by molar-refractivity contribution is 5.43. The summed E-state index contributed by atoms with van der Waals surface area (Å²) in [6.07, 6.45) is -3.79. The molecule has 2 heterocycles. The molecule has 0 aliphatic rings. The van der Waals surface area contributed by atoms with Crippen LogP contribution in [0.1, 0.15) is 5.82 Å². The van der Waals surface area contributed by atoms with Gasteiger partial charge >= 0.3 is 6.18 Å². The summed E-state index contributed by atoms with van der Waals surface area (Å²) in [4.78, 5) is 12.8. The van der Waals surface area contributed by atoms with Gasteiger partial charge in [0.05, 0.1) is 4.92 Å². The van der Waals surface area contributed by atoms with Crippen LogP contribution in [0.15, 0.2) is 18.3 Å². The molecule has 0 saturated carbocycles. The Morgan fingerprint density at radius 1 is 1.38 bits per heavy atom. The quantitative estimate of drug-likeness (QED) is 0.553. The van der Waals surface area contributed by atoms with Crippen molar-refractivity contribution in [3.8, 4) is 0 Å². The van der Waals surface area contributed by atoms with E-state index in [1.54, 1.807) is 0 Å². The fraction of sp³-hybridized carbons (Fsp3) is 0.143. The van der Waals surface area contributed by atoms with Crippen molar-refractivity contribution in [3.63, 3.8) is 0 Å². The number of pyridine rings is 1. The van der Waals surface area contributed by atoms with Crippen LogP contribution in [0.3, 0.4) is 0 Å². The second kappa shape index (κ2) is 3.15. The lowest BCUT2D eigenvalue weighted by Gasteiger charge is -1.96. The van der Waals surface area contributed by atoms with Crippen LogP contribution < -0.4 is 0 Å². The number of aromatic nitrogens is 3. The average molecular weight is 232 g/mol. The van der Waals surface area contributed by atoms with E-state index in [4.69, 9.17) is 0 Å². The van der Waals surface area contributed by atoms with Gasteiger partial charge in [-0.25, -0.2) is 9.50 Å². The van der Waals surface area contributed by atoms with E-state index in [9.17, 15) is 23.3 Å². The minimum Gasteiger partial charge on any atom is -0.258 e. The highest BCUT2D eigenvalue weighted by Crippen LogP contribution is 2.26. The molecule has 2 aromatic rings. The zero-order chi connectivity index (χ0) is 11.9. The van der Waals surface area contributed by atoms with Crippen molar-refractivity contribution in [2.24, 2.45) is 0 Å². The molecular formula is C7H3F3N4O2. The van der Waals surface area contributed by atoms with Crippen LogP contribution in [0.4, 0.5) is 18.9 Å². The highest BCUT2D eigenvalue weighted by Gasteiger charge is 2.36. The molecule has 2 rings (SSSR count). The van der Waals surface area contributed by atoms with Gasteiger partial charge in [-0.15, -0.1) is 5.10 Å². The molecule has 84 valence electrons. The Kier molecular flexibility index (Phi) is 2.04. The van der Waals surface area contributed by atoms with Gasteiger partial charge in [-0.05, 0) is 6.07 Å². The largest absolute Gasteiger partial charge is 0.453 e. The topological polar surface area (TPSA) is 73.3 Å². The summed E-state index contributed by atoms with van der Waals surface area (Å²) >= 11 is 0. The van der Waals surface area contributed by atoms with Crippen molar-refractivity contribution >= 4 is 11.3 Å². The zero-order valence-electron chi connectivity index (χ0n) is 7.47. The summed E-state index contributed by atoms with van der Waals surface area (Å²) in [6, 6.07) is 2.16. The Bertz CT molecular complexity index is 562. The van der Waals surface area contributed by atoms with E-state index in [-0.39, 0.29) is 11.3 Å². The molecule has 0 aliphatic heterocycles. The first-order valence-electron chi connectivity index (χ1n) is 3.96. The molecule has 0 unspecified atom stereocenters. The Morgan fingerprint density at radius 3 is 2.62 bits per heavy atom. The monoisotopic (exact) mass is 232 g/mol. The Balaban J connectivity index is 2.59. The summed E-state index contributed by atoms with van der Waals surface area (Å²) in [6.45, 7) is 0. The molecule has 9 heteroatoms. The molecule has 0 fully saturated rings. The van der Waals surface area contributed by atoms with E-state index < -0.39 is 16.9 Å². The molecule has 6 nitrogen and oxygen atoms in total. The highest BCUT2D eigenvalue weighted by atomic mass is 19.4. The van der Waals surface area contributed by atoms with Crippen LogP contribution in [0.25, 0.3) is 5.65 Å². The average Bonchev–Trinajstić information content (AvgIpc) is 2.58. The van der Waals surface area contributed by atoms with Gasteiger partial charge in [0.25, 0.3) is 11.5 Å². The van der Waals surface area contributed by atoms with Crippen molar-refractivity contribution in [1.82, 2.24) is 14.6 Å². The lowest BCUT2D eigenvalue weighted by molar-refractivity contribution is -0.385. The first-order chi connectivity index (χ1) is 7.38. The number of nitrogens with zero attached hydrogens (tertiary/aromatic N) is 4. The molecule has 0 atom stereocenters. The molecule has 0 bridgehead atoms. The van der Waals surface area contributed by atoms with Gasteiger partial charge in [-0.3, -0.25) is 10.1 Å². The summed E-state index contributed by atoms with van der Waals surface area (Å²) in [5.41, 5.74) is -0.455. The molecule has 16 heavy (non-hydrogen) atoms. The van der Waals surface area contributed by atoms with Crippen molar-refractivity contribution in [2.45, 2.75) is 6.18 Å². The Morgan fingerprint density at radius 2 is 2.06 bits per heavy atom. The van der Waals surface area contributed by atoms with E-state index in [1.165, 1.54) is 0 Å². The normalized spacial score (nSPS) is 11.9. The van der Waals surface area contributed by atoms with Crippen molar-refractivity contribution in [3.05, 3.63) is 34.3 Å². The summed E-state index contributed by atoms with van der Waals surface area (Å²) in [5, 5.41) is 13.5. The number of hydrogen-bond acceptors (Lipinski definition) is 4. The minimum absolute atomic E-state index is 0.0991. The van der Waals surface area contributed by atoms with Crippen LogP contribution in [-0.4, -0.2) is 19.5 Å². The Hall–Kier alpha value is -2.19. The van der Waals surface area contributed by atoms with Gasteiger partial charge in [-0.2, -0.15) is 13.2 Å². The van der Waals surface area contributed by atoms with E-state index in [1.807, 2.05) is 0 Å². The number of rotatable bonds is 1. The number of alkyl halides is 3. The fourth-order valence-corrected chi connectivity index (χ4v) is 1.10. The van der Waals surface area contributed by atoms with Crippen LogP contribution in [-0.2, 0) is 6.18 Å². The second-order valence-electron chi connectivity index (χ2n) is 2.88. The molecule has 0 aromatic carbocycles. The van der Waals surface area contributed by atoms with E-state index in [0.29, 0.717) is 0 Å². The van der Waals surface area contributed by atoms with E-state index in [0.717, 1.165) is 22.8 Å². The summed E-state index contributed by atoms with van der Waals surface area (Å²) in [7, 11) is 0. The Labute approximate surface area is 85.5 Å². The number of hydrogen-bond donors (Lipinski definition) is 0. The van der Waals surface area contributed by atoms with Crippen LogP contribution >= 0.6 is 0 Å². The summed E-state index contributed by atoms with van der Waals surface area (Å²) < 4.78 is 37.4. The third-order valence-electron chi connectivity index (χ3n) is 1.78.